The third kappa shape index (κ3) is 6.81. The number of likely N-dealkylation sites (tertiary alicyclic amines) is 2. The van der Waals surface area contributed by atoms with E-state index in [0.717, 1.165) is 24.9 Å². The zero-order valence-electron chi connectivity index (χ0n) is 26.6. The Bertz CT molecular complexity index is 1510. The fourth-order valence-electron chi connectivity index (χ4n) is 7.52. The molecule has 2 aliphatic heterocycles. The SMILES string of the molecule is CCCC1C(C(=O)N2CCC(C#N)(c3ccccc3OCCC3(C(=O)O)CCC3)CC2)CCCN1C(=O)c1cnccc1C(F)(F)F. The average molecular weight is 655 g/mol. The van der Waals surface area contributed by atoms with E-state index in [4.69, 9.17) is 4.74 Å². The van der Waals surface area contributed by atoms with Crippen LogP contribution in [0.4, 0.5) is 13.2 Å². The van der Waals surface area contributed by atoms with Gasteiger partial charge in [-0.25, -0.2) is 0 Å². The maximum atomic E-state index is 14.0. The van der Waals surface area contributed by atoms with Crippen LogP contribution in [0.15, 0.2) is 42.7 Å². The Kier molecular flexibility index (Phi) is 10.1. The van der Waals surface area contributed by atoms with Crippen molar-refractivity contribution in [1.29, 1.82) is 5.26 Å². The number of para-hydroxylation sites is 1. The van der Waals surface area contributed by atoms with Crippen molar-refractivity contribution in [3.8, 4) is 11.8 Å². The van der Waals surface area contributed by atoms with E-state index in [1.54, 1.807) is 11.0 Å². The second-order valence-electron chi connectivity index (χ2n) is 13.1. The van der Waals surface area contributed by atoms with Crippen molar-refractivity contribution in [1.82, 2.24) is 14.8 Å². The first-order chi connectivity index (χ1) is 22.5. The Balaban J connectivity index is 1.29. The van der Waals surface area contributed by atoms with Crippen molar-refractivity contribution in [3.63, 3.8) is 0 Å². The van der Waals surface area contributed by atoms with Gasteiger partial charge in [0.15, 0.2) is 0 Å². The van der Waals surface area contributed by atoms with Crippen LogP contribution in [-0.4, -0.2) is 70.0 Å². The highest BCUT2D eigenvalue weighted by Gasteiger charge is 2.46. The van der Waals surface area contributed by atoms with Gasteiger partial charge < -0.3 is 19.6 Å². The summed E-state index contributed by atoms with van der Waals surface area (Å²) in [7, 11) is 0. The minimum absolute atomic E-state index is 0.154. The number of rotatable bonds is 10. The zero-order chi connectivity index (χ0) is 33.8. The number of aliphatic carboxylic acids is 1. The number of halogens is 3. The molecule has 3 fully saturated rings. The second kappa shape index (κ2) is 13.9. The number of hydrogen-bond donors (Lipinski definition) is 1. The molecule has 9 nitrogen and oxygen atoms in total. The number of amides is 2. The summed E-state index contributed by atoms with van der Waals surface area (Å²) in [5.74, 6) is -1.77. The third-order valence-electron chi connectivity index (χ3n) is 10.4. The molecule has 252 valence electrons. The first-order valence-electron chi connectivity index (χ1n) is 16.4. The number of carboxylic acid groups (broad SMARTS) is 1. The molecule has 3 heterocycles. The summed E-state index contributed by atoms with van der Waals surface area (Å²) in [6.07, 6.45) is 2.57. The third-order valence-corrected chi connectivity index (χ3v) is 10.4. The predicted octanol–water partition coefficient (Wildman–Crippen LogP) is 6.23. The van der Waals surface area contributed by atoms with Crippen molar-refractivity contribution in [2.24, 2.45) is 11.3 Å². The molecule has 2 amide bonds. The number of carboxylic acids is 1. The summed E-state index contributed by atoms with van der Waals surface area (Å²) >= 11 is 0. The van der Waals surface area contributed by atoms with Crippen LogP contribution in [0.2, 0.25) is 0 Å². The average Bonchev–Trinajstić information content (AvgIpc) is 3.05. The van der Waals surface area contributed by atoms with Gasteiger partial charge in [-0.15, -0.1) is 0 Å². The second-order valence-corrected chi connectivity index (χ2v) is 13.1. The lowest BCUT2D eigenvalue weighted by Gasteiger charge is -2.44. The molecule has 5 rings (SSSR count). The Morgan fingerprint density at radius 3 is 2.43 bits per heavy atom. The molecule has 2 saturated heterocycles. The fourth-order valence-corrected chi connectivity index (χ4v) is 7.52. The Labute approximate surface area is 272 Å². The van der Waals surface area contributed by atoms with E-state index in [-0.39, 0.29) is 19.1 Å². The lowest BCUT2D eigenvalue weighted by Crippen LogP contribution is -2.55. The quantitative estimate of drug-likeness (QED) is 0.322. The van der Waals surface area contributed by atoms with Crippen molar-refractivity contribution < 1.29 is 37.4 Å². The van der Waals surface area contributed by atoms with Crippen LogP contribution in [-0.2, 0) is 21.2 Å². The van der Waals surface area contributed by atoms with Crippen LogP contribution in [0.5, 0.6) is 5.75 Å². The Morgan fingerprint density at radius 2 is 1.81 bits per heavy atom. The number of benzene rings is 1. The van der Waals surface area contributed by atoms with Crippen LogP contribution in [0.25, 0.3) is 0 Å². The number of carbonyl (C=O) groups excluding carboxylic acids is 2. The first-order valence-corrected chi connectivity index (χ1v) is 16.4. The van der Waals surface area contributed by atoms with Crippen molar-refractivity contribution >= 4 is 17.8 Å². The van der Waals surface area contributed by atoms with E-state index < -0.39 is 52.0 Å². The van der Waals surface area contributed by atoms with E-state index in [2.05, 4.69) is 11.1 Å². The minimum Gasteiger partial charge on any atom is -0.493 e. The molecule has 0 radical (unpaired) electrons. The molecule has 2 unspecified atom stereocenters. The molecule has 1 aliphatic carbocycles. The number of nitrogens with zero attached hydrogens (tertiary/aromatic N) is 4. The van der Waals surface area contributed by atoms with Crippen molar-refractivity contribution in [2.45, 2.75) is 88.8 Å². The summed E-state index contributed by atoms with van der Waals surface area (Å²) in [5, 5.41) is 20.1. The molecule has 1 aromatic heterocycles. The van der Waals surface area contributed by atoms with Crippen LogP contribution in [0.1, 0.15) is 92.6 Å². The number of piperidine rings is 2. The molecular weight excluding hydrogens is 613 g/mol. The van der Waals surface area contributed by atoms with Crippen molar-refractivity contribution in [3.05, 3.63) is 59.4 Å². The van der Waals surface area contributed by atoms with E-state index in [9.17, 15) is 37.9 Å². The van der Waals surface area contributed by atoms with Crippen LogP contribution < -0.4 is 4.74 Å². The highest BCUT2D eigenvalue weighted by Crippen LogP contribution is 2.45. The highest BCUT2D eigenvalue weighted by molar-refractivity contribution is 5.96. The minimum atomic E-state index is -4.72. The van der Waals surface area contributed by atoms with Gasteiger partial charge in [-0.1, -0.05) is 38.0 Å². The molecule has 2 aromatic rings. The van der Waals surface area contributed by atoms with Gasteiger partial charge >= 0.3 is 12.1 Å². The molecular formula is C35H41F3N4O5. The molecule has 1 saturated carbocycles. The monoisotopic (exact) mass is 654 g/mol. The zero-order valence-corrected chi connectivity index (χ0v) is 26.6. The molecule has 1 aromatic carbocycles. The van der Waals surface area contributed by atoms with Crippen molar-refractivity contribution in [2.75, 3.05) is 26.2 Å². The summed E-state index contributed by atoms with van der Waals surface area (Å²) in [5.41, 5.74) is -2.51. The number of hydrogen-bond acceptors (Lipinski definition) is 6. The summed E-state index contributed by atoms with van der Waals surface area (Å²) in [6.45, 7) is 2.98. The number of nitriles is 1. The molecule has 0 bridgehead atoms. The Morgan fingerprint density at radius 1 is 1.09 bits per heavy atom. The lowest BCUT2D eigenvalue weighted by atomic mass is 9.67. The summed E-state index contributed by atoms with van der Waals surface area (Å²) in [4.78, 5) is 46.3. The predicted molar refractivity (Wildman–Crippen MR) is 165 cm³/mol. The molecule has 1 N–H and O–H groups in total. The molecule has 2 atom stereocenters. The molecule has 3 aliphatic rings. The molecule has 0 spiro atoms. The van der Waals surface area contributed by atoms with Crippen LogP contribution >= 0.6 is 0 Å². The largest absolute Gasteiger partial charge is 0.493 e. The van der Waals surface area contributed by atoms with E-state index in [1.807, 2.05) is 25.1 Å². The van der Waals surface area contributed by atoms with Gasteiger partial charge in [0.25, 0.3) is 5.91 Å². The number of alkyl halides is 3. The van der Waals surface area contributed by atoms with E-state index in [0.29, 0.717) is 82.2 Å². The van der Waals surface area contributed by atoms with Gasteiger partial charge in [-0.05, 0) is 63.5 Å². The molecule has 12 heteroatoms. The van der Waals surface area contributed by atoms with Gasteiger partial charge in [0.05, 0.1) is 40.6 Å². The maximum absolute atomic E-state index is 14.0. The van der Waals surface area contributed by atoms with Gasteiger partial charge in [-0.2, -0.15) is 18.4 Å². The van der Waals surface area contributed by atoms with Gasteiger partial charge in [0.1, 0.15) is 5.75 Å². The van der Waals surface area contributed by atoms with Crippen LogP contribution in [0.3, 0.4) is 0 Å². The number of pyridine rings is 1. The Hall–Kier alpha value is -4.14. The van der Waals surface area contributed by atoms with E-state index in [1.165, 1.54) is 4.90 Å². The fraction of sp³-hybridized carbons (Fsp3) is 0.571. The highest BCUT2D eigenvalue weighted by atomic mass is 19.4. The van der Waals surface area contributed by atoms with Gasteiger partial charge in [0, 0.05) is 43.6 Å². The van der Waals surface area contributed by atoms with Gasteiger partial charge in [0.2, 0.25) is 5.91 Å². The number of carbonyl (C=O) groups is 3. The summed E-state index contributed by atoms with van der Waals surface area (Å²) < 4.78 is 47.4. The normalized spacial score (nSPS) is 22.1. The smallest absolute Gasteiger partial charge is 0.417 e. The van der Waals surface area contributed by atoms with Crippen LogP contribution in [0, 0.1) is 22.7 Å². The first kappa shape index (κ1) is 34.2. The lowest BCUT2D eigenvalue weighted by molar-refractivity contribution is -0.155. The summed E-state index contributed by atoms with van der Waals surface area (Å²) in [6, 6.07) is 10.0. The maximum Gasteiger partial charge on any atom is 0.417 e. The standard InChI is InChI=1S/C35H41F3N4O5/c1-2-7-28-24(8-5-18-42(28)31(44)25-22-40-17-11-26(25)35(36,37)38)30(43)41-19-14-34(23-39,15-20-41)27-9-3-4-10-29(27)47-21-16-33(32(45)46)12-6-13-33/h3-4,9-11,17,22,24,28H,2,5-8,12-16,18-21H2,1H3,(H,45,46). The topological polar surface area (TPSA) is 124 Å². The number of ether oxygens (including phenoxy) is 1. The molecule has 47 heavy (non-hydrogen) atoms. The number of aromatic nitrogens is 1. The van der Waals surface area contributed by atoms with Gasteiger partial charge in [-0.3, -0.25) is 19.4 Å². The van der Waals surface area contributed by atoms with E-state index >= 15 is 0 Å².